The van der Waals surface area contributed by atoms with Crippen LogP contribution in [0.2, 0.25) is 0 Å². The number of rotatable bonds is 5. The molecule has 6 heteroatoms. The van der Waals surface area contributed by atoms with Crippen LogP contribution in [0.15, 0.2) is 65.6 Å². The molecule has 0 bridgehead atoms. The lowest BCUT2D eigenvalue weighted by molar-refractivity contribution is -0.121. The van der Waals surface area contributed by atoms with Gasteiger partial charge in [0.25, 0.3) is 5.91 Å². The third kappa shape index (κ3) is 3.82. The van der Waals surface area contributed by atoms with Crippen molar-refractivity contribution in [1.82, 2.24) is 4.90 Å². The summed E-state index contributed by atoms with van der Waals surface area (Å²) in [5, 5.41) is 11.4. The fourth-order valence-electron chi connectivity index (χ4n) is 3.36. The predicted molar refractivity (Wildman–Crippen MR) is 125 cm³/mol. The lowest BCUT2D eigenvalue weighted by atomic mass is 10.0. The van der Waals surface area contributed by atoms with E-state index in [1.165, 1.54) is 11.8 Å². The van der Waals surface area contributed by atoms with E-state index >= 15 is 0 Å². The maximum atomic E-state index is 12.7. The van der Waals surface area contributed by atoms with E-state index < -0.39 is 0 Å². The highest BCUT2D eigenvalue weighted by molar-refractivity contribution is 8.26. The first kappa shape index (κ1) is 20.1. The number of likely N-dealkylation sites (N-methyl/N-ethyl adjacent to an activating group) is 1. The minimum Gasteiger partial charge on any atom is -0.488 e. The summed E-state index contributed by atoms with van der Waals surface area (Å²) in [5.74, 6) is 0.574. The van der Waals surface area contributed by atoms with Gasteiger partial charge in [0.05, 0.1) is 16.5 Å². The average Bonchev–Trinajstić information content (AvgIpc) is 3.05. The number of nitriles is 1. The molecule has 0 atom stereocenters. The lowest BCUT2D eigenvalue weighted by Gasteiger charge is -2.13. The Hall–Kier alpha value is -3.14. The summed E-state index contributed by atoms with van der Waals surface area (Å²) in [6, 6.07) is 21.5. The first-order chi connectivity index (χ1) is 14.6. The number of thioether (sulfide) groups is 1. The second kappa shape index (κ2) is 8.70. The van der Waals surface area contributed by atoms with Crippen molar-refractivity contribution in [3.05, 3.63) is 82.3 Å². The van der Waals surface area contributed by atoms with E-state index in [-0.39, 0.29) is 12.5 Å². The molecule has 0 spiro atoms. The Kier molecular flexibility index (Phi) is 5.84. The summed E-state index contributed by atoms with van der Waals surface area (Å²) in [6.07, 6.45) is 1.86. The Labute approximate surface area is 184 Å². The van der Waals surface area contributed by atoms with Gasteiger partial charge in [0.15, 0.2) is 0 Å². The molecule has 3 aromatic carbocycles. The third-order valence-corrected chi connectivity index (χ3v) is 6.29. The van der Waals surface area contributed by atoms with Gasteiger partial charge < -0.3 is 4.74 Å². The highest BCUT2D eigenvalue weighted by atomic mass is 32.2. The molecule has 0 aliphatic carbocycles. The Morgan fingerprint density at radius 1 is 1.13 bits per heavy atom. The van der Waals surface area contributed by atoms with Crippen LogP contribution in [0.3, 0.4) is 0 Å². The standard InChI is InChI=1S/C24H18N2O2S2/c1-2-26-23(27)22(30-24(26)29)13-20-19-10-6-5-7-16(19)11-12-21(20)28-15-18-9-4-3-8-17(18)14-25/h3-13H,2,15H2,1H3/b22-13-. The van der Waals surface area contributed by atoms with Gasteiger partial charge in [0, 0.05) is 17.7 Å². The summed E-state index contributed by atoms with van der Waals surface area (Å²) in [6.45, 7) is 2.72. The van der Waals surface area contributed by atoms with Crippen LogP contribution in [0.4, 0.5) is 0 Å². The zero-order chi connectivity index (χ0) is 21.1. The maximum Gasteiger partial charge on any atom is 0.266 e. The molecule has 0 aromatic heterocycles. The second-order valence-electron chi connectivity index (χ2n) is 6.68. The molecular formula is C24H18N2O2S2. The summed E-state index contributed by atoms with van der Waals surface area (Å²) in [4.78, 5) is 14.9. The van der Waals surface area contributed by atoms with Gasteiger partial charge in [-0.1, -0.05) is 72.5 Å². The van der Waals surface area contributed by atoms with Crippen molar-refractivity contribution in [2.24, 2.45) is 0 Å². The molecule has 1 heterocycles. The monoisotopic (exact) mass is 430 g/mol. The predicted octanol–water partition coefficient (Wildman–Crippen LogP) is 5.51. The van der Waals surface area contributed by atoms with Crippen molar-refractivity contribution >= 4 is 51.1 Å². The Morgan fingerprint density at radius 3 is 2.67 bits per heavy atom. The molecule has 4 nitrogen and oxygen atoms in total. The molecule has 3 aromatic rings. The number of carbonyl (C=O) groups excluding carboxylic acids is 1. The van der Waals surface area contributed by atoms with Crippen molar-refractivity contribution in [1.29, 1.82) is 5.26 Å². The Balaban J connectivity index is 1.76. The van der Waals surface area contributed by atoms with Gasteiger partial charge in [-0.05, 0) is 35.9 Å². The number of amides is 1. The number of ether oxygens (including phenoxy) is 1. The van der Waals surface area contributed by atoms with Gasteiger partial charge in [-0.15, -0.1) is 0 Å². The first-order valence-corrected chi connectivity index (χ1v) is 10.7. The Bertz CT molecular complexity index is 1230. The van der Waals surface area contributed by atoms with Gasteiger partial charge >= 0.3 is 0 Å². The number of hydrogen-bond donors (Lipinski definition) is 0. The van der Waals surface area contributed by atoms with Gasteiger partial charge in [-0.25, -0.2) is 0 Å². The van der Waals surface area contributed by atoms with Gasteiger partial charge in [-0.3, -0.25) is 9.69 Å². The van der Waals surface area contributed by atoms with Gasteiger partial charge in [-0.2, -0.15) is 5.26 Å². The highest BCUT2D eigenvalue weighted by Crippen LogP contribution is 2.37. The minimum atomic E-state index is -0.0822. The van der Waals surface area contributed by atoms with Crippen LogP contribution in [0.5, 0.6) is 5.75 Å². The molecule has 1 amide bonds. The molecule has 30 heavy (non-hydrogen) atoms. The van der Waals surface area contributed by atoms with E-state index in [1.807, 2.05) is 67.6 Å². The van der Waals surface area contributed by atoms with E-state index in [1.54, 1.807) is 11.0 Å². The molecule has 1 saturated heterocycles. The van der Waals surface area contributed by atoms with E-state index in [0.29, 0.717) is 27.1 Å². The number of benzene rings is 3. The van der Waals surface area contributed by atoms with E-state index in [9.17, 15) is 10.1 Å². The topological polar surface area (TPSA) is 53.3 Å². The van der Waals surface area contributed by atoms with Crippen LogP contribution >= 0.6 is 24.0 Å². The highest BCUT2D eigenvalue weighted by Gasteiger charge is 2.31. The van der Waals surface area contributed by atoms with Crippen LogP contribution in [0.1, 0.15) is 23.6 Å². The number of carbonyl (C=O) groups is 1. The maximum absolute atomic E-state index is 12.7. The fourth-order valence-corrected chi connectivity index (χ4v) is 4.73. The zero-order valence-electron chi connectivity index (χ0n) is 16.3. The molecule has 1 aliphatic heterocycles. The SMILES string of the molecule is CCN1C(=O)/C(=C/c2c(OCc3ccccc3C#N)ccc3ccccc23)SC1=S. The molecule has 148 valence electrons. The van der Waals surface area contributed by atoms with Crippen LogP contribution in [0, 0.1) is 11.3 Å². The van der Waals surface area contributed by atoms with Crippen molar-refractivity contribution in [3.63, 3.8) is 0 Å². The van der Waals surface area contributed by atoms with Crippen molar-refractivity contribution in [2.75, 3.05) is 6.54 Å². The normalized spacial score (nSPS) is 15.1. The van der Waals surface area contributed by atoms with Gasteiger partial charge in [0.2, 0.25) is 0 Å². The minimum absolute atomic E-state index is 0.0822. The van der Waals surface area contributed by atoms with Crippen molar-refractivity contribution in [3.8, 4) is 11.8 Å². The smallest absolute Gasteiger partial charge is 0.266 e. The molecule has 0 saturated carbocycles. The van der Waals surface area contributed by atoms with E-state index in [4.69, 9.17) is 17.0 Å². The van der Waals surface area contributed by atoms with Crippen LogP contribution in [-0.2, 0) is 11.4 Å². The molecule has 0 unspecified atom stereocenters. The van der Waals surface area contributed by atoms with Crippen LogP contribution in [-0.4, -0.2) is 21.7 Å². The van der Waals surface area contributed by atoms with Crippen LogP contribution in [0.25, 0.3) is 16.8 Å². The zero-order valence-corrected chi connectivity index (χ0v) is 17.9. The number of thiocarbonyl (C=S) groups is 1. The van der Waals surface area contributed by atoms with Gasteiger partial charge in [0.1, 0.15) is 16.7 Å². The lowest BCUT2D eigenvalue weighted by Crippen LogP contribution is -2.27. The molecular weight excluding hydrogens is 412 g/mol. The quantitative estimate of drug-likeness (QED) is 0.394. The van der Waals surface area contributed by atoms with Crippen molar-refractivity contribution in [2.45, 2.75) is 13.5 Å². The average molecular weight is 431 g/mol. The number of nitrogens with zero attached hydrogens (tertiary/aromatic N) is 2. The molecule has 1 aliphatic rings. The Morgan fingerprint density at radius 2 is 1.90 bits per heavy atom. The molecule has 0 N–H and O–H groups in total. The number of fused-ring (bicyclic) bond motifs is 1. The summed E-state index contributed by atoms with van der Waals surface area (Å²) in [7, 11) is 0. The van der Waals surface area contributed by atoms with Crippen LogP contribution < -0.4 is 4.74 Å². The summed E-state index contributed by atoms with van der Waals surface area (Å²) >= 11 is 6.66. The largest absolute Gasteiger partial charge is 0.488 e. The van der Waals surface area contributed by atoms with E-state index in [2.05, 4.69) is 6.07 Å². The number of hydrogen-bond acceptors (Lipinski definition) is 5. The summed E-state index contributed by atoms with van der Waals surface area (Å²) in [5.41, 5.74) is 2.24. The first-order valence-electron chi connectivity index (χ1n) is 9.50. The molecule has 0 radical (unpaired) electrons. The summed E-state index contributed by atoms with van der Waals surface area (Å²) < 4.78 is 6.71. The van der Waals surface area contributed by atoms with Crippen molar-refractivity contribution < 1.29 is 9.53 Å². The molecule has 1 fully saturated rings. The second-order valence-corrected chi connectivity index (χ2v) is 8.36. The fraction of sp³-hybridized carbons (Fsp3) is 0.125. The molecule has 4 rings (SSSR count). The third-order valence-electron chi connectivity index (χ3n) is 4.92. The van der Waals surface area contributed by atoms with E-state index in [0.717, 1.165) is 21.9 Å².